The number of benzene rings is 1. The van der Waals surface area contributed by atoms with Crippen LogP contribution in [0.2, 0.25) is 0 Å². The Morgan fingerprint density at radius 1 is 1.18 bits per heavy atom. The van der Waals surface area contributed by atoms with Crippen molar-refractivity contribution in [1.82, 2.24) is 5.32 Å². The molecule has 1 N–H and O–H groups in total. The molecule has 0 aromatic heterocycles. The molecule has 1 amide bonds. The number of carbonyl (C=O) groups is 1. The van der Waals surface area contributed by atoms with E-state index in [2.05, 4.69) is 10.1 Å². The Kier molecular flexibility index (Phi) is 6.59. The van der Waals surface area contributed by atoms with Crippen LogP contribution >= 0.6 is 0 Å². The first-order valence-corrected chi connectivity index (χ1v) is 8.33. The second-order valence-corrected chi connectivity index (χ2v) is 6.26. The van der Waals surface area contributed by atoms with Gasteiger partial charge in [0.2, 0.25) is 0 Å². The minimum absolute atomic E-state index is 0.00969. The number of hydrogen-bond donors (Lipinski definition) is 1. The molecule has 1 aromatic rings. The zero-order valence-electron chi connectivity index (χ0n) is 14.4. The van der Waals surface area contributed by atoms with E-state index in [1.165, 1.54) is 6.08 Å². The third kappa shape index (κ3) is 5.65. The molecule has 1 aliphatic carbocycles. The smallest absolute Gasteiger partial charge is 0.430 e. The Bertz CT molecular complexity index is 762. The van der Waals surface area contributed by atoms with Crippen LogP contribution in [0.4, 0.5) is 26.3 Å². The molecule has 10 heteroatoms. The lowest BCUT2D eigenvalue weighted by Gasteiger charge is -2.23. The van der Waals surface area contributed by atoms with Gasteiger partial charge in [-0.05, 0) is 36.6 Å². The molecule has 1 unspecified atom stereocenters. The maximum Gasteiger partial charge on any atom is 0.439 e. The average Bonchev–Trinajstić information content (AvgIpc) is 3.12. The molecule has 1 aromatic carbocycles. The van der Waals surface area contributed by atoms with Crippen LogP contribution in [-0.4, -0.2) is 30.4 Å². The lowest BCUT2D eigenvalue weighted by Crippen LogP contribution is -2.45. The highest BCUT2D eigenvalue weighted by Crippen LogP contribution is 2.36. The number of hydrogen-bond acceptors (Lipinski definition) is 3. The number of nitriles is 1. The van der Waals surface area contributed by atoms with Crippen molar-refractivity contribution in [3.8, 4) is 11.8 Å². The number of ether oxygens (including phenoxy) is 1. The Labute approximate surface area is 156 Å². The Morgan fingerprint density at radius 2 is 1.75 bits per heavy atom. The van der Waals surface area contributed by atoms with Crippen LogP contribution in [0.5, 0.6) is 5.75 Å². The molecule has 0 radical (unpaired) electrons. The maximum absolute atomic E-state index is 13.2. The number of alkyl halides is 6. The zero-order chi connectivity index (χ0) is 20.9. The second-order valence-electron chi connectivity index (χ2n) is 6.26. The SMILES string of the molecule is N#C/C(=C\c1ccc(OC(F)(F)C(F)C(F)(F)F)cc1)C(=O)NC1CCCC1. The van der Waals surface area contributed by atoms with Gasteiger partial charge in [-0.2, -0.15) is 27.2 Å². The normalized spacial score (nSPS) is 17.1. The molecule has 4 nitrogen and oxygen atoms in total. The van der Waals surface area contributed by atoms with E-state index < -0.39 is 30.1 Å². The lowest BCUT2D eigenvalue weighted by molar-refractivity contribution is -0.304. The van der Waals surface area contributed by atoms with Crippen molar-refractivity contribution in [3.63, 3.8) is 0 Å². The first-order chi connectivity index (χ1) is 13.0. The van der Waals surface area contributed by atoms with Crippen molar-refractivity contribution in [2.75, 3.05) is 0 Å². The van der Waals surface area contributed by atoms with Crippen molar-refractivity contribution < 1.29 is 35.9 Å². The van der Waals surface area contributed by atoms with Gasteiger partial charge in [-0.25, -0.2) is 4.39 Å². The van der Waals surface area contributed by atoms with E-state index in [1.54, 1.807) is 6.07 Å². The summed E-state index contributed by atoms with van der Waals surface area (Å²) in [5.74, 6) is -1.28. The Morgan fingerprint density at radius 3 is 2.25 bits per heavy atom. The van der Waals surface area contributed by atoms with Crippen molar-refractivity contribution in [2.45, 2.75) is 50.2 Å². The summed E-state index contributed by atoms with van der Waals surface area (Å²) in [5.41, 5.74) is 0.0354. The average molecular weight is 406 g/mol. The molecule has 152 valence electrons. The lowest BCUT2D eigenvalue weighted by atomic mass is 10.1. The van der Waals surface area contributed by atoms with E-state index in [1.807, 2.05) is 0 Å². The minimum Gasteiger partial charge on any atom is -0.430 e. The van der Waals surface area contributed by atoms with Crippen molar-refractivity contribution in [2.24, 2.45) is 0 Å². The monoisotopic (exact) mass is 406 g/mol. The van der Waals surface area contributed by atoms with Crippen LogP contribution in [-0.2, 0) is 4.79 Å². The molecule has 1 fully saturated rings. The highest BCUT2D eigenvalue weighted by atomic mass is 19.4. The first kappa shape index (κ1) is 21.6. The van der Waals surface area contributed by atoms with Gasteiger partial charge in [-0.1, -0.05) is 25.0 Å². The van der Waals surface area contributed by atoms with Crippen LogP contribution in [0.3, 0.4) is 0 Å². The summed E-state index contributed by atoms with van der Waals surface area (Å²) in [4.78, 5) is 12.1. The van der Waals surface area contributed by atoms with Crippen LogP contribution in [0.25, 0.3) is 6.08 Å². The summed E-state index contributed by atoms with van der Waals surface area (Å²) in [7, 11) is 0. The predicted molar refractivity (Wildman–Crippen MR) is 87.0 cm³/mol. The van der Waals surface area contributed by atoms with Gasteiger partial charge in [0.15, 0.2) is 0 Å². The van der Waals surface area contributed by atoms with Gasteiger partial charge in [0, 0.05) is 6.04 Å². The number of rotatable bonds is 6. The Balaban J connectivity index is 2.07. The molecule has 1 atom stereocenters. The highest BCUT2D eigenvalue weighted by Gasteiger charge is 2.59. The quantitative estimate of drug-likeness (QED) is 0.429. The molecular formula is C18H16F6N2O2. The third-order valence-corrected chi connectivity index (χ3v) is 4.08. The number of amides is 1. The van der Waals surface area contributed by atoms with Gasteiger partial charge in [0.05, 0.1) is 0 Å². The van der Waals surface area contributed by atoms with Crippen LogP contribution in [0.15, 0.2) is 29.8 Å². The fraction of sp³-hybridized carbons (Fsp3) is 0.444. The van der Waals surface area contributed by atoms with Gasteiger partial charge in [0.1, 0.15) is 17.4 Å². The van der Waals surface area contributed by atoms with Crippen LogP contribution in [0, 0.1) is 11.3 Å². The molecule has 0 aliphatic heterocycles. The molecular weight excluding hydrogens is 390 g/mol. The first-order valence-electron chi connectivity index (χ1n) is 8.33. The highest BCUT2D eigenvalue weighted by molar-refractivity contribution is 6.01. The molecule has 28 heavy (non-hydrogen) atoms. The van der Waals surface area contributed by atoms with Gasteiger partial charge in [-0.3, -0.25) is 4.79 Å². The van der Waals surface area contributed by atoms with Gasteiger partial charge in [-0.15, -0.1) is 0 Å². The minimum atomic E-state index is -5.78. The van der Waals surface area contributed by atoms with Gasteiger partial charge >= 0.3 is 12.3 Å². The summed E-state index contributed by atoms with van der Waals surface area (Å²) in [6, 6.07) is 5.78. The zero-order valence-corrected chi connectivity index (χ0v) is 14.4. The molecule has 0 saturated heterocycles. The summed E-state index contributed by atoms with van der Waals surface area (Å²) >= 11 is 0. The van der Waals surface area contributed by atoms with E-state index in [4.69, 9.17) is 5.26 Å². The summed E-state index contributed by atoms with van der Waals surface area (Å²) in [6.45, 7) is 0. The van der Waals surface area contributed by atoms with E-state index in [9.17, 15) is 31.1 Å². The number of halogens is 6. The predicted octanol–water partition coefficient (Wildman–Crippen LogP) is 4.52. The van der Waals surface area contributed by atoms with Crippen molar-refractivity contribution in [1.29, 1.82) is 5.26 Å². The molecule has 0 spiro atoms. The molecule has 0 heterocycles. The molecule has 1 aliphatic rings. The summed E-state index contributed by atoms with van der Waals surface area (Å²) in [5, 5.41) is 11.8. The standard InChI is InChI=1S/C18H16F6N2O2/c19-16(17(20,21)22)18(23,24)28-14-7-5-11(6-8-14)9-12(10-25)15(27)26-13-3-1-2-4-13/h5-9,13,16H,1-4H2,(H,26,27)/b12-9+. The van der Waals surface area contributed by atoms with E-state index in [-0.39, 0.29) is 17.2 Å². The van der Waals surface area contributed by atoms with Crippen LogP contribution in [0.1, 0.15) is 31.2 Å². The Hall–Kier alpha value is -2.70. The van der Waals surface area contributed by atoms with E-state index in [0.29, 0.717) is 0 Å². The topological polar surface area (TPSA) is 62.1 Å². The molecule has 2 rings (SSSR count). The summed E-state index contributed by atoms with van der Waals surface area (Å²) < 4.78 is 79.4. The van der Waals surface area contributed by atoms with Crippen LogP contribution < -0.4 is 10.1 Å². The number of nitrogens with zero attached hydrogens (tertiary/aromatic N) is 1. The van der Waals surface area contributed by atoms with Crippen molar-refractivity contribution >= 4 is 12.0 Å². The van der Waals surface area contributed by atoms with E-state index >= 15 is 0 Å². The van der Waals surface area contributed by atoms with Gasteiger partial charge < -0.3 is 10.1 Å². The van der Waals surface area contributed by atoms with Crippen molar-refractivity contribution in [3.05, 3.63) is 35.4 Å². The largest absolute Gasteiger partial charge is 0.439 e. The number of carbonyl (C=O) groups excluding carboxylic acids is 1. The van der Waals surface area contributed by atoms with Gasteiger partial charge in [0.25, 0.3) is 12.1 Å². The fourth-order valence-electron chi connectivity index (χ4n) is 2.68. The molecule has 1 saturated carbocycles. The fourth-order valence-corrected chi connectivity index (χ4v) is 2.68. The summed E-state index contributed by atoms with van der Waals surface area (Å²) in [6.07, 6.45) is -10.6. The molecule has 0 bridgehead atoms. The number of nitrogens with one attached hydrogen (secondary N) is 1. The second kappa shape index (κ2) is 8.54. The maximum atomic E-state index is 13.2. The van der Waals surface area contributed by atoms with E-state index in [0.717, 1.165) is 49.9 Å². The third-order valence-electron chi connectivity index (χ3n) is 4.08.